The minimum atomic E-state index is -0.472. The van der Waals surface area contributed by atoms with E-state index in [0.717, 1.165) is 25.9 Å². The quantitative estimate of drug-likeness (QED) is 0.803. The zero-order valence-electron chi connectivity index (χ0n) is 18.9. The second-order valence-corrected chi connectivity index (χ2v) is 10.4. The molecule has 2 heterocycles. The van der Waals surface area contributed by atoms with Crippen molar-refractivity contribution in [2.24, 2.45) is 5.92 Å². The Hall–Kier alpha value is -2.28. The second kappa shape index (κ2) is 7.69. The third kappa shape index (κ3) is 4.00. The van der Waals surface area contributed by atoms with E-state index >= 15 is 0 Å². The van der Waals surface area contributed by atoms with Crippen LogP contribution in [0.5, 0.6) is 0 Å². The highest BCUT2D eigenvalue weighted by atomic mass is 16.6. The highest BCUT2D eigenvalue weighted by Crippen LogP contribution is 2.47. The lowest BCUT2D eigenvalue weighted by atomic mass is 9.81. The lowest BCUT2D eigenvalue weighted by Gasteiger charge is -2.38. The molecule has 1 N–H and O–H groups in total. The Labute approximate surface area is 183 Å². The maximum atomic E-state index is 12.5. The van der Waals surface area contributed by atoms with E-state index in [1.807, 2.05) is 25.7 Å². The maximum Gasteiger partial charge on any atom is 0.410 e. The van der Waals surface area contributed by atoms with Gasteiger partial charge >= 0.3 is 6.09 Å². The molecule has 3 fully saturated rings. The monoisotopic (exact) mass is 426 g/mol. The predicted octanol–water partition coefficient (Wildman–Crippen LogP) is 3.91. The number of nitrogens with zero attached hydrogens (tertiary/aromatic N) is 4. The van der Waals surface area contributed by atoms with Gasteiger partial charge in [0.05, 0.1) is 22.9 Å². The fourth-order valence-corrected chi connectivity index (χ4v) is 4.88. The number of rotatable bonds is 4. The molecule has 0 unspecified atom stereocenters. The van der Waals surface area contributed by atoms with Crippen LogP contribution < -0.4 is 4.90 Å². The SMILES string of the molecule is CC(C)(C)OC(=O)N1CCN(c2cccc3c(C4CC4)nn(C4CC(CO)C4)c23)CC1. The van der Waals surface area contributed by atoms with E-state index in [9.17, 15) is 9.90 Å². The summed E-state index contributed by atoms with van der Waals surface area (Å²) in [6.45, 7) is 8.87. The Kier molecular flexibility index (Phi) is 5.12. The first-order valence-corrected chi connectivity index (χ1v) is 11.7. The van der Waals surface area contributed by atoms with Gasteiger partial charge in [0.1, 0.15) is 5.60 Å². The van der Waals surface area contributed by atoms with Crippen LogP contribution in [0.15, 0.2) is 18.2 Å². The van der Waals surface area contributed by atoms with Gasteiger partial charge in [0.15, 0.2) is 0 Å². The lowest BCUT2D eigenvalue weighted by Crippen LogP contribution is -2.50. The van der Waals surface area contributed by atoms with Crippen LogP contribution in [0.1, 0.15) is 64.1 Å². The molecule has 168 valence electrons. The Balaban J connectivity index is 1.40. The van der Waals surface area contributed by atoms with Gasteiger partial charge in [-0.3, -0.25) is 4.68 Å². The molecule has 0 atom stereocenters. The molecule has 31 heavy (non-hydrogen) atoms. The van der Waals surface area contributed by atoms with E-state index in [-0.39, 0.29) is 12.7 Å². The molecule has 2 aliphatic carbocycles. The molecule has 3 aliphatic rings. The van der Waals surface area contributed by atoms with Crippen molar-refractivity contribution in [3.8, 4) is 0 Å². The van der Waals surface area contributed by atoms with Crippen molar-refractivity contribution >= 4 is 22.7 Å². The van der Waals surface area contributed by atoms with Gasteiger partial charge in [0, 0.05) is 44.1 Å². The predicted molar refractivity (Wildman–Crippen MR) is 121 cm³/mol. The smallest absolute Gasteiger partial charge is 0.410 e. The van der Waals surface area contributed by atoms with Crippen LogP contribution in [0.4, 0.5) is 10.5 Å². The maximum absolute atomic E-state index is 12.5. The molecule has 2 saturated carbocycles. The summed E-state index contributed by atoms with van der Waals surface area (Å²) in [6.07, 6.45) is 4.23. The van der Waals surface area contributed by atoms with Gasteiger partial charge < -0.3 is 19.6 Å². The first-order chi connectivity index (χ1) is 14.8. The van der Waals surface area contributed by atoms with Crippen molar-refractivity contribution in [3.63, 3.8) is 0 Å². The Bertz CT molecular complexity index is 961. The first kappa shape index (κ1) is 20.6. The summed E-state index contributed by atoms with van der Waals surface area (Å²) >= 11 is 0. The molecule has 7 nitrogen and oxygen atoms in total. The molecule has 0 radical (unpaired) electrons. The van der Waals surface area contributed by atoms with E-state index < -0.39 is 5.60 Å². The van der Waals surface area contributed by atoms with Crippen LogP contribution in [0.3, 0.4) is 0 Å². The summed E-state index contributed by atoms with van der Waals surface area (Å²) in [5.74, 6) is 0.995. The molecule has 7 heteroatoms. The van der Waals surface area contributed by atoms with Crippen LogP contribution >= 0.6 is 0 Å². The molecule has 1 saturated heterocycles. The van der Waals surface area contributed by atoms with Crippen molar-refractivity contribution in [2.45, 2.75) is 64.0 Å². The summed E-state index contributed by atoms with van der Waals surface area (Å²) in [4.78, 5) is 16.7. The number of hydrogen-bond donors (Lipinski definition) is 1. The molecule has 1 aliphatic heterocycles. The molecule has 5 rings (SSSR count). The van der Waals surface area contributed by atoms with E-state index in [0.29, 0.717) is 31.0 Å². The van der Waals surface area contributed by atoms with Crippen molar-refractivity contribution in [1.29, 1.82) is 0 Å². The topological polar surface area (TPSA) is 70.8 Å². The second-order valence-electron chi connectivity index (χ2n) is 10.4. The van der Waals surface area contributed by atoms with Gasteiger partial charge in [-0.2, -0.15) is 5.10 Å². The summed E-state index contributed by atoms with van der Waals surface area (Å²) < 4.78 is 7.81. The van der Waals surface area contributed by atoms with E-state index in [4.69, 9.17) is 9.84 Å². The van der Waals surface area contributed by atoms with Crippen LogP contribution in [-0.4, -0.2) is 64.3 Å². The standard InChI is InChI=1S/C24H34N4O3/c1-24(2,3)31-23(30)27-11-9-26(10-12-27)20-6-4-5-19-21(17-7-8-17)25-28(22(19)20)18-13-16(14-18)15-29/h4-6,16-18,29H,7-15H2,1-3H3. The number of ether oxygens (including phenoxy) is 1. The van der Waals surface area contributed by atoms with Gasteiger partial charge in [-0.1, -0.05) is 12.1 Å². The fourth-order valence-electron chi connectivity index (χ4n) is 4.88. The number of para-hydroxylation sites is 1. The zero-order chi connectivity index (χ0) is 21.8. The number of carbonyl (C=O) groups is 1. The molecule has 1 aromatic carbocycles. The van der Waals surface area contributed by atoms with Crippen molar-refractivity contribution in [1.82, 2.24) is 14.7 Å². The Morgan fingerprint density at radius 2 is 1.87 bits per heavy atom. The number of aliphatic hydroxyl groups is 1. The summed E-state index contributed by atoms with van der Waals surface area (Å²) in [5.41, 5.74) is 3.22. The summed E-state index contributed by atoms with van der Waals surface area (Å²) in [7, 11) is 0. The van der Waals surface area contributed by atoms with Gasteiger partial charge in [-0.05, 0) is 58.4 Å². The lowest BCUT2D eigenvalue weighted by molar-refractivity contribution is 0.0240. The summed E-state index contributed by atoms with van der Waals surface area (Å²) in [6, 6.07) is 6.93. The number of aliphatic hydroxyl groups excluding tert-OH is 1. The Morgan fingerprint density at radius 1 is 1.16 bits per heavy atom. The highest BCUT2D eigenvalue weighted by molar-refractivity contribution is 5.94. The highest BCUT2D eigenvalue weighted by Gasteiger charge is 2.36. The van der Waals surface area contributed by atoms with E-state index in [1.165, 1.54) is 35.1 Å². The average Bonchev–Trinajstić information content (AvgIpc) is 3.47. The van der Waals surface area contributed by atoms with Crippen molar-refractivity contribution in [2.75, 3.05) is 37.7 Å². The van der Waals surface area contributed by atoms with Gasteiger partial charge in [-0.25, -0.2) is 4.79 Å². The number of hydrogen-bond acceptors (Lipinski definition) is 5. The normalized spacial score (nSPS) is 24.4. The summed E-state index contributed by atoms with van der Waals surface area (Å²) in [5, 5.41) is 15.9. The van der Waals surface area contributed by atoms with Crippen LogP contribution in [0, 0.1) is 5.92 Å². The minimum absolute atomic E-state index is 0.226. The molecular weight excluding hydrogens is 392 g/mol. The molecular formula is C24H34N4O3. The van der Waals surface area contributed by atoms with E-state index in [2.05, 4.69) is 27.8 Å². The van der Waals surface area contributed by atoms with Gasteiger partial charge in [0.25, 0.3) is 0 Å². The molecule has 2 aromatic rings. The number of carbonyl (C=O) groups excluding carboxylic acids is 1. The zero-order valence-corrected chi connectivity index (χ0v) is 18.9. The number of anilines is 1. The molecule has 0 spiro atoms. The van der Waals surface area contributed by atoms with Crippen molar-refractivity contribution in [3.05, 3.63) is 23.9 Å². The fraction of sp³-hybridized carbons (Fsp3) is 0.667. The first-order valence-electron chi connectivity index (χ1n) is 11.7. The van der Waals surface area contributed by atoms with Crippen molar-refractivity contribution < 1.29 is 14.6 Å². The number of benzene rings is 1. The third-order valence-electron chi connectivity index (χ3n) is 6.79. The Morgan fingerprint density at radius 3 is 2.48 bits per heavy atom. The number of fused-ring (bicyclic) bond motifs is 1. The van der Waals surface area contributed by atoms with Gasteiger partial charge in [0.2, 0.25) is 0 Å². The molecule has 1 amide bonds. The largest absolute Gasteiger partial charge is 0.444 e. The van der Waals surface area contributed by atoms with Crippen LogP contribution in [0.25, 0.3) is 10.9 Å². The van der Waals surface area contributed by atoms with Crippen LogP contribution in [-0.2, 0) is 4.74 Å². The number of piperazine rings is 1. The van der Waals surface area contributed by atoms with Crippen LogP contribution in [0.2, 0.25) is 0 Å². The molecule has 1 aromatic heterocycles. The number of aromatic nitrogens is 2. The average molecular weight is 427 g/mol. The molecule has 0 bridgehead atoms. The number of amides is 1. The minimum Gasteiger partial charge on any atom is -0.444 e. The van der Waals surface area contributed by atoms with E-state index in [1.54, 1.807) is 0 Å². The van der Waals surface area contributed by atoms with Gasteiger partial charge in [-0.15, -0.1) is 0 Å². The third-order valence-corrected chi connectivity index (χ3v) is 6.79.